The van der Waals surface area contributed by atoms with Crippen LogP contribution in [0.1, 0.15) is 6.42 Å². The molecule has 8 heteroatoms. The first-order chi connectivity index (χ1) is 9.35. The summed E-state index contributed by atoms with van der Waals surface area (Å²) >= 11 is 3.12. The van der Waals surface area contributed by atoms with Crippen LogP contribution in [0.4, 0.5) is 4.39 Å². The third-order valence-corrected chi connectivity index (χ3v) is 5.24. The maximum absolute atomic E-state index is 12.9. The van der Waals surface area contributed by atoms with Gasteiger partial charge in [-0.05, 0) is 40.5 Å². The topological polar surface area (TPSA) is 72.5 Å². The molecule has 1 amide bonds. The molecule has 1 fully saturated rings. The van der Waals surface area contributed by atoms with E-state index in [9.17, 15) is 17.6 Å². The minimum Gasteiger partial charge on any atom is -0.483 e. The Labute approximate surface area is 124 Å². The Bertz CT molecular complexity index is 620. The van der Waals surface area contributed by atoms with Gasteiger partial charge in [0.2, 0.25) is 0 Å². The van der Waals surface area contributed by atoms with Crippen LogP contribution >= 0.6 is 15.9 Å². The molecule has 1 aromatic carbocycles. The lowest BCUT2D eigenvalue weighted by atomic mass is 10.2. The number of hydrogen-bond acceptors (Lipinski definition) is 4. The fraction of sp³-hybridized carbons (Fsp3) is 0.417. The van der Waals surface area contributed by atoms with Crippen LogP contribution < -0.4 is 10.1 Å². The fourth-order valence-corrected chi connectivity index (χ4v) is 4.05. The first-order valence-electron chi connectivity index (χ1n) is 5.93. The van der Waals surface area contributed by atoms with Gasteiger partial charge in [0.25, 0.3) is 5.91 Å². The summed E-state index contributed by atoms with van der Waals surface area (Å²) in [5.41, 5.74) is 0. The van der Waals surface area contributed by atoms with Gasteiger partial charge in [-0.25, -0.2) is 12.8 Å². The minimum absolute atomic E-state index is 0.0288. The van der Waals surface area contributed by atoms with Crippen molar-refractivity contribution < 1.29 is 22.3 Å². The first kappa shape index (κ1) is 15.2. The van der Waals surface area contributed by atoms with Crippen molar-refractivity contribution in [1.82, 2.24) is 5.32 Å². The van der Waals surface area contributed by atoms with E-state index in [1.165, 1.54) is 18.2 Å². The van der Waals surface area contributed by atoms with E-state index in [0.29, 0.717) is 16.6 Å². The van der Waals surface area contributed by atoms with Crippen LogP contribution in [0.15, 0.2) is 22.7 Å². The predicted molar refractivity (Wildman–Crippen MR) is 74.8 cm³/mol. The van der Waals surface area contributed by atoms with Gasteiger partial charge >= 0.3 is 0 Å². The van der Waals surface area contributed by atoms with Crippen LogP contribution in [0.25, 0.3) is 0 Å². The number of halogens is 2. The molecule has 110 valence electrons. The standard InChI is InChI=1S/C12H13BrFNO4S/c13-10-5-8(14)1-2-11(10)19-6-12(16)15-9-3-4-20(17,18)7-9/h1-2,5,9H,3-4,6-7H2,(H,15,16)/t9-/m0/s1. The number of ether oxygens (including phenoxy) is 1. The zero-order valence-corrected chi connectivity index (χ0v) is 12.8. The van der Waals surface area contributed by atoms with Crippen molar-refractivity contribution in [3.05, 3.63) is 28.5 Å². The highest BCUT2D eigenvalue weighted by Gasteiger charge is 2.28. The van der Waals surface area contributed by atoms with E-state index >= 15 is 0 Å². The molecule has 1 aliphatic rings. The Morgan fingerprint density at radius 2 is 2.25 bits per heavy atom. The van der Waals surface area contributed by atoms with E-state index in [4.69, 9.17) is 4.74 Å². The molecule has 1 saturated heterocycles. The molecule has 0 unspecified atom stereocenters. The van der Waals surface area contributed by atoms with Gasteiger partial charge in [0.1, 0.15) is 11.6 Å². The Balaban J connectivity index is 1.84. The molecule has 0 bridgehead atoms. The summed E-state index contributed by atoms with van der Waals surface area (Å²) in [4.78, 5) is 11.6. The van der Waals surface area contributed by atoms with Gasteiger partial charge in [-0.3, -0.25) is 4.79 Å². The largest absolute Gasteiger partial charge is 0.483 e. The predicted octanol–water partition coefficient (Wildman–Crippen LogP) is 1.27. The number of rotatable bonds is 4. The molecule has 2 rings (SSSR count). The zero-order valence-electron chi connectivity index (χ0n) is 10.4. The van der Waals surface area contributed by atoms with Gasteiger partial charge in [0.05, 0.1) is 16.0 Å². The van der Waals surface area contributed by atoms with Gasteiger partial charge in [-0.1, -0.05) is 0 Å². The second kappa shape index (κ2) is 6.09. The van der Waals surface area contributed by atoms with E-state index in [1.54, 1.807) is 0 Å². The number of hydrogen-bond donors (Lipinski definition) is 1. The highest BCUT2D eigenvalue weighted by atomic mass is 79.9. The monoisotopic (exact) mass is 365 g/mol. The van der Waals surface area contributed by atoms with Crippen LogP contribution in [-0.2, 0) is 14.6 Å². The average molecular weight is 366 g/mol. The minimum atomic E-state index is -3.02. The van der Waals surface area contributed by atoms with Crippen molar-refractivity contribution in [2.45, 2.75) is 12.5 Å². The number of benzene rings is 1. The summed E-state index contributed by atoms with van der Waals surface area (Å²) in [6.45, 7) is -0.249. The van der Waals surface area contributed by atoms with Crippen LogP contribution in [0.5, 0.6) is 5.75 Å². The summed E-state index contributed by atoms with van der Waals surface area (Å²) in [7, 11) is -3.02. The molecule has 0 radical (unpaired) electrons. The number of sulfone groups is 1. The third kappa shape index (κ3) is 4.17. The second-order valence-corrected chi connectivity index (χ2v) is 7.61. The highest BCUT2D eigenvalue weighted by Crippen LogP contribution is 2.25. The molecule has 0 aliphatic carbocycles. The quantitative estimate of drug-likeness (QED) is 0.871. The lowest BCUT2D eigenvalue weighted by Gasteiger charge is -2.12. The summed E-state index contributed by atoms with van der Waals surface area (Å²) in [6, 6.07) is 3.51. The van der Waals surface area contributed by atoms with Crippen LogP contribution in [0, 0.1) is 5.82 Å². The van der Waals surface area contributed by atoms with Crippen LogP contribution in [-0.4, -0.2) is 38.5 Å². The molecule has 1 heterocycles. The Morgan fingerprint density at radius 1 is 1.50 bits per heavy atom. The second-order valence-electron chi connectivity index (χ2n) is 4.53. The number of nitrogens with one attached hydrogen (secondary N) is 1. The van der Waals surface area contributed by atoms with Crippen molar-refractivity contribution in [3.8, 4) is 5.75 Å². The Kier molecular flexibility index (Phi) is 4.64. The smallest absolute Gasteiger partial charge is 0.258 e. The van der Waals surface area contributed by atoms with Gasteiger partial charge in [0.15, 0.2) is 16.4 Å². The summed E-state index contributed by atoms with van der Waals surface area (Å²) in [6.07, 6.45) is 0.425. The van der Waals surface area contributed by atoms with Crippen molar-refractivity contribution in [3.63, 3.8) is 0 Å². The molecule has 0 spiro atoms. The Hall–Kier alpha value is -1.15. The molecule has 1 atom stereocenters. The van der Waals surface area contributed by atoms with E-state index < -0.39 is 21.6 Å². The van der Waals surface area contributed by atoms with Crippen molar-refractivity contribution in [2.75, 3.05) is 18.1 Å². The molecule has 5 nitrogen and oxygen atoms in total. The highest BCUT2D eigenvalue weighted by molar-refractivity contribution is 9.10. The maximum Gasteiger partial charge on any atom is 0.258 e. The lowest BCUT2D eigenvalue weighted by Crippen LogP contribution is -2.38. The molecular weight excluding hydrogens is 353 g/mol. The van der Waals surface area contributed by atoms with Gasteiger partial charge in [0, 0.05) is 6.04 Å². The van der Waals surface area contributed by atoms with E-state index in [1.807, 2.05) is 0 Å². The number of carbonyl (C=O) groups is 1. The molecule has 0 saturated carbocycles. The number of carbonyl (C=O) groups excluding carboxylic acids is 1. The summed E-state index contributed by atoms with van der Waals surface area (Å²) in [5, 5.41) is 2.60. The van der Waals surface area contributed by atoms with E-state index in [2.05, 4.69) is 21.2 Å². The normalized spacial score (nSPS) is 20.6. The molecule has 1 N–H and O–H groups in total. The molecule has 20 heavy (non-hydrogen) atoms. The van der Waals surface area contributed by atoms with Crippen LogP contribution in [0.3, 0.4) is 0 Å². The molecule has 0 aromatic heterocycles. The van der Waals surface area contributed by atoms with Crippen molar-refractivity contribution >= 4 is 31.7 Å². The first-order valence-corrected chi connectivity index (χ1v) is 8.55. The Morgan fingerprint density at radius 3 is 2.85 bits per heavy atom. The van der Waals surface area contributed by atoms with Gasteiger partial charge in [-0.2, -0.15) is 0 Å². The summed E-state index contributed by atoms with van der Waals surface area (Å²) in [5.74, 6) is -0.393. The fourth-order valence-electron chi connectivity index (χ4n) is 1.91. The van der Waals surface area contributed by atoms with Crippen molar-refractivity contribution in [2.24, 2.45) is 0 Å². The molecule has 1 aliphatic heterocycles. The number of amides is 1. The lowest BCUT2D eigenvalue weighted by molar-refractivity contribution is -0.123. The van der Waals surface area contributed by atoms with E-state index in [-0.39, 0.29) is 24.2 Å². The molecular formula is C12H13BrFNO4S. The van der Waals surface area contributed by atoms with Crippen LogP contribution in [0.2, 0.25) is 0 Å². The van der Waals surface area contributed by atoms with Crippen molar-refractivity contribution in [1.29, 1.82) is 0 Å². The average Bonchev–Trinajstić information content (AvgIpc) is 2.67. The van der Waals surface area contributed by atoms with Gasteiger partial charge < -0.3 is 10.1 Å². The van der Waals surface area contributed by atoms with Gasteiger partial charge in [-0.15, -0.1) is 0 Å². The third-order valence-electron chi connectivity index (χ3n) is 2.85. The molecule has 1 aromatic rings. The zero-order chi connectivity index (χ0) is 14.8. The summed E-state index contributed by atoms with van der Waals surface area (Å²) < 4.78 is 41.0. The SMILES string of the molecule is O=C(COc1ccc(F)cc1Br)N[C@H]1CCS(=O)(=O)C1. The maximum atomic E-state index is 12.9. The van der Waals surface area contributed by atoms with E-state index in [0.717, 1.165) is 0 Å².